The van der Waals surface area contributed by atoms with Crippen molar-refractivity contribution in [3.05, 3.63) is 30.5 Å². The predicted octanol–water partition coefficient (Wildman–Crippen LogP) is 4.09. The number of hydrogen-bond donors (Lipinski definition) is 1. The van der Waals surface area contributed by atoms with Gasteiger partial charge in [0, 0.05) is 32.2 Å². The van der Waals surface area contributed by atoms with Crippen LogP contribution in [0.3, 0.4) is 0 Å². The van der Waals surface area contributed by atoms with E-state index in [-0.39, 0.29) is 5.75 Å². The zero-order chi connectivity index (χ0) is 24.9. The van der Waals surface area contributed by atoms with Crippen molar-refractivity contribution >= 4 is 17.2 Å². The van der Waals surface area contributed by atoms with E-state index in [0.717, 1.165) is 57.1 Å². The van der Waals surface area contributed by atoms with Crippen LogP contribution in [0, 0.1) is 5.41 Å². The Kier molecular flexibility index (Phi) is 5.62. The van der Waals surface area contributed by atoms with Crippen molar-refractivity contribution < 1.29 is 22.6 Å². The summed E-state index contributed by atoms with van der Waals surface area (Å²) in [5.41, 5.74) is 2.90. The van der Waals surface area contributed by atoms with Crippen LogP contribution in [0.1, 0.15) is 25.7 Å². The minimum absolute atomic E-state index is 0.286. The molecule has 1 aromatic carbocycles. The quantitative estimate of drug-likeness (QED) is 0.579. The van der Waals surface area contributed by atoms with E-state index in [1.165, 1.54) is 31.0 Å². The van der Waals surface area contributed by atoms with Crippen molar-refractivity contribution in [2.75, 3.05) is 56.2 Å². The SMILES string of the molecule is CN1CCOc2c1c(N1CCC3(CCCNC3)CC1)nn1c(-c3cccc(OC(F)(F)F)c3)cnc21. The summed E-state index contributed by atoms with van der Waals surface area (Å²) in [6.45, 7) is 5.20. The molecule has 0 radical (unpaired) electrons. The third-order valence-electron chi connectivity index (χ3n) is 7.67. The topological polar surface area (TPSA) is 67.2 Å². The highest BCUT2D eigenvalue weighted by molar-refractivity contribution is 5.83. The average Bonchev–Trinajstić information content (AvgIpc) is 3.28. The van der Waals surface area contributed by atoms with E-state index in [9.17, 15) is 13.2 Å². The lowest BCUT2D eigenvalue weighted by Crippen LogP contribution is -2.48. The van der Waals surface area contributed by atoms with Crippen LogP contribution in [0.5, 0.6) is 11.5 Å². The first-order chi connectivity index (χ1) is 17.3. The molecule has 0 aliphatic carbocycles. The van der Waals surface area contributed by atoms with E-state index < -0.39 is 6.36 Å². The normalized spacial score (nSPS) is 19.9. The number of nitrogens with one attached hydrogen (secondary N) is 1. The lowest BCUT2D eigenvalue weighted by Gasteiger charge is -2.45. The van der Waals surface area contributed by atoms with E-state index in [4.69, 9.17) is 9.84 Å². The van der Waals surface area contributed by atoms with E-state index in [0.29, 0.717) is 34.7 Å². The number of alkyl halides is 3. The van der Waals surface area contributed by atoms with Crippen LogP contribution < -0.4 is 24.6 Å². The number of aromatic nitrogens is 3. The molecule has 3 aliphatic heterocycles. The van der Waals surface area contributed by atoms with Gasteiger partial charge >= 0.3 is 6.36 Å². The maximum absolute atomic E-state index is 12.8. The largest absolute Gasteiger partial charge is 0.573 e. The van der Waals surface area contributed by atoms with Crippen LogP contribution in [0.15, 0.2) is 30.5 Å². The molecule has 1 spiro atoms. The molecule has 0 saturated carbocycles. The van der Waals surface area contributed by atoms with Crippen LogP contribution in [-0.4, -0.2) is 67.3 Å². The first-order valence-electron chi connectivity index (χ1n) is 12.4. The average molecular weight is 503 g/mol. The lowest BCUT2D eigenvalue weighted by atomic mass is 9.73. The standard InChI is InChI=1S/C25H29F3N6O2/c1-32-12-13-35-21-20(32)22(33-10-7-24(8-11-33)6-3-9-29-16-24)31-34-19(15-30-23(21)34)17-4-2-5-18(14-17)36-25(26,27)28/h2,4-5,14-15,29H,3,6-13,16H2,1H3. The Balaban J connectivity index is 1.41. The van der Waals surface area contributed by atoms with Gasteiger partial charge in [0.25, 0.3) is 0 Å². The Morgan fingerprint density at radius 3 is 2.72 bits per heavy atom. The van der Waals surface area contributed by atoms with Gasteiger partial charge in [-0.3, -0.25) is 0 Å². The van der Waals surface area contributed by atoms with Crippen LogP contribution in [0.25, 0.3) is 16.9 Å². The van der Waals surface area contributed by atoms with Crippen LogP contribution >= 0.6 is 0 Å². The fourth-order valence-corrected chi connectivity index (χ4v) is 5.74. The Morgan fingerprint density at radius 1 is 1.14 bits per heavy atom. The lowest BCUT2D eigenvalue weighted by molar-refractivity contribution is -0.274. The highest BCUT2D eigenvalue weighted by Crippen LogP contribution is 2.45. The summed E-state index contributed by atoms with van der Waals surface area (Å²) in [7, 11) is 2.03. The van der Waals surface area contributed by atoms with Gasteiger partial charge in [0.1, 0.15) is 18.0 Å². The number of hydrogen-bond acceptors (Lipinski definition) is 7. The number of ether oxygens (including phenoxy) is 2. The first-order valence-corrected chi connectivity index (χ1v) is 12.4. The molecule has 36 heavy (non-hydrogen) atoms. The smallest absolute Gasteiger partial charge is 0.486 e. The van der Waals surface area contributed by atoms with Crippen LogP contribution in [-0.2, 0) is 0 Å². The minimum Gasteiger partial charge on any atom is -0.486 e. The number of benzene rings is 1. The fraction of sp³-hybridized carbons (Fsp3) is 0.520. The Labute approximate surface area is 207 Å². The maximum atomic E-state index is 12.8. The van der Waals surface area contributed by atoms with Gasteiger partial charge in [-0.1, -0.05) is 12.1 Å². The van der Waals surface area contributed by atoms with Gasteiger partial charge in [-0.15, -0.1) is 18.3 Å². The van der Waals surface area contributed by atoms with E-state index in [2.05, 4.69) is 24.8 Å². The summed E-state index contributed by atoms with van der Waals surface area (Å²) >= 11 is 0. The van der Waals surface area contributed by atoms with Crippen molar-refractivity contribution in [1.82, 2.24) is 19.9 Å². The van der Waals surface area contributed by atoms with Gasteiger partial charge in [-0.2, -0.15) is 0 Å². The molecule has 0 bridgehead atoms. The molecule has 2 saturated heterocycles. The molecule has 5 heterocycles. The summed E-state index contributed by atoms with van der Waals surface area (Å²) in [6.07, 6.45) is 1.50. The number of piperidine rings is 2. The molecule has 6 rings (SSSR count). The van der Waals surface area contributed by atoms with Gasteiger partial charge in [-0.25, -0.2) is 9.50 Å². The second kappa shape index (κ2) is 8.72. The minimum atomic E-state index is -4.76. The van der Waals surface area contributed by atoms with Gasteiger partial charge in [0.05, 0.1) is 18.4 Å². The monoisotopic (exact) mass is 502 g/mol. The zero-order valence-corrected chi connectivity index (χ0v) is 20.1. The van der Waals surface area contributed by atoms with Crippen molar-refractivity contribution in [2.24, 2.45) is 5.41 Å². The van der Waals surface area contributed by atoms with E-state index >= 15 is 0 Å². The Hall–Kier alpha value is -3.21. The molecule has 3 aromatic rings. The molecule has 11 heteroatoms. The summed E-state index contributed by atoms with van der Waals surface area (Å²) < 4.78 is 50.3. The third-order valence-corrected chi connectivity index (χ3v) is 7.67. The maximum Gasteiger partial charge on any atom is 0.573 e. The Morgan fingerprint density at radius 2 is 1.97 bits per heavy atom. The molecule has 2 fully saturated rings. The van der Waals surface area contributed by atoms with Gasteiger partial charge in [0.2, 0.25) is 0 Å². The zero-order valence-electron chi connectivity index (χ0n) is 20.1. The van der Waals surface area contributed by atoms with Gasteiger partial charge < -0.3 is 24.6 Å². The molecule has 0 unspecified atom stereocenters. The number of halogens is 3. The van der Waals surface area contributed by atoms with Crippen LogP contribution in [0.4, 0.5) is 24.7 Å². The van der Waals surface area contributed by atoms with Crippen molar-refractivity contribution in [3.8, 4) is 22.8 Å². The number of fused-ring (bicyclic) bond motifs is 3. The summed E-state index contributed by atoms with van der Waals surface area (Å²) in [4.78, 5) is 9.03. The molecule has 8 nitrogen and oxygen atoms in total. The summed E-state index contributed by atoms with van der Waals surface area (Å²) in [5.74, 6) is 1.19. The Bertz CT molecular complexity index is 1260. The van der Waals surface area contributed by atoms with Gasteiger partial charge in [0.15, 0.2) is 17.2 Å². The molecule has 3 aliphatic rings. The number of likely N-dealkylation sites (N-methyl/N-ethyl adjacent to an activating group) is 1. The highest BCUT2D eigenvalue weighted by atomic mass is 19.4. The van der Waals surface area contributed by atoms with Crippen molar-refractivity contribution in [2.45, 2.75) is 32.0 Å². The molecule has 0 amide bonds. The van der Waals surface area contributed by atoms with E-state index in [1.807, 2.05) is 7.05 Å². The van der Waals surface area contributed by atoms with Crippen LogP contribution in [0.2, 0.25) is 0 Å². The molecule has 192 valence electrons. The second-order valence-electron chi connectivity index (χ2n) is 9.99. The number of imidazole rings is 1. The number of anilines is 2. The third kappa shape index (κ3) is 4.19. The van der Waals surface area contributed by atoms with Gasteiger partial charge in [-0.05, 0) is 49.8 Å². The summed E-state index contributed by atoms with van der Waals surface area (Å²) in [6, 6.07) is 5.89. The molecular formula is C25H29F3N6O2. The second-order valence-corrected chi connectivity index (χ2v) is 9.99. The van der Waals surface area contributed by atoms with Crippen molar-refractivity contribution in [1.29, 1.82) is 0 Å². The number of rotatable bonds is 3. The highest BCUT2D eigenvalue weighted by Gasteiger charge is 2.38. The first kappa shape index (κ1) is 23.2. The summed E-state index contributed by atoms with van der Waals surface area (Å²) in [5, 5.41) is 8.58. The predicted molar refractivity (Wildman–Crippen MR) is 130 cm³/mol. The van der Waals surface area contributed by atoms with E-state index in [1.54, 1.807) is 16.8 Å². The van der Waals surface area contributed by atoms with Crippen molar-refractivity contribution in [3.63, 3.8) is 0 Å². The molecule has 0 atom stereocenters. The fourth-order valence-electron chi connectivity index (χ4n) is 5.74. The molecule has 2 aromatic heterocycles. The number of nitrogens with zero attached hydrogens (tertiary/aromatic N) is 5. The molecule has 1 N–H and O–H groups in total. The molecular weight excluding hydrogens is 473 g/mol.